The SMILES string of the molecule is CC/C=C\CCC/C=C\CCC#N.CCC=CCCCC=CCCC#N.Cc1ccc(S(=O)O)cc1. The van der Waals surface area contributed by atoms with Crippen LogP contribution in [0.15, 0.2) is 77.8 Å². The fourth-order valence-corrected chi connectivity index (χ4v) is 3.07. The minimum atomic E-state index is -1.84. The zero-order chi connectivity index (χ0) is 27.1. The van der Waals surface area contributed by atoms with Crippen molar-refractivity contribution < 1.29 is 8.76 Å². The fraction of sp³-hybridized carbons (Fsp3) is 0.484. The largest absolute Gasteiger partial charge is 0.302 e. The Bertz CT molecular complexity index is 797. The highest BCUT2D eigenvalue weighted by Gasteiger charge is 1.95. The smallest absolute Gasteiger partial charge is 0.186 e. The summed E-state index contributed by atoms with van der Waals surface area (Å²) in [6.07, 6.45) is 29.9. The molecule has 1 unspecified atom stereocenters. The number of unbranched alkanes of at least 4 members (excludes halogenated alkanes) is 6. The van der Waals surface area contributed by atoms with Gasteiger partial charge in [-0.1, -0.05) is 80.2 Å². The van der Waals surface area contributed by atoms with Crippen molar-refractivity contribution in [3.8, 4) is 12.1 Å². The standard InChI is InChI=1S/2C12H19N.C7H8O2S/c2*1-2-3-4-5-6-7-8-9-10-11-12-13;1-6-2-4-7(5-3-6)10(8)9/h2*3-4,8-9H,2,5-7,10-11H2,1H3;2-5H,1H3,(H,8,9)/b4-3-,9-8-;;. The molecular formula is C31H46N2O2S. The van der Waals surface area contributed by atoms with Crippen LogP contribution in [0.2, 0.25) is 0 Å². The monoisotopic (exact) mass is 510 g/mol. The lowest BCUT2D eigenvalue weighted by atomic mass is 10.2. The minimum absolute atomic E-state index is 0.450. The molecule has 0 aliphatic rings. The summed E-state index contributed by atoms with van der Waals surface area (Å²) in [5, 5.41) is 16.5. The number of hydrogen-bond donors (Lipinski definition) is 1. The van der Waals surface area contributed by atoms with E-state index >= 15 is 0 Å². The first-order chi connectivity index (χ1) is 17.5. The summed E-state index contributed by atoms with van der Waals surface area (Å²) in [5.41, 5.74) is 1.09. The molecule has 0 spiro atoms. The van der Waals surface area contributed by atoms with Gasteiger partial charge in [-0.3, -0.25) is 0 Å². The van der Waals surface area contributed by atoms with Gasteiger partial charge in [0, 0.05) is 12.8 Å². The molecule has 5 heteroatoms. The molecule has 1 N–H and O–H groups in total. The van der Waals surface area contributed by atoms with Crippen LogP contribution in [0.3, 0.4) is 0 Å². The van der Waals surface area contributed by atoms with Gasteiger partial charge in [0.25, 0.3) is 0 Å². The molecule has 0 radical (unpaired) electrons. The van der Waals surface area contributed by atoms with Crippen molar-refractivity contribution in [2.75, 3.05) is 0 Å². The molecule has 1 atom stereocenters. The zero-order valence-electron chi connectivity index (χ0n) is 22.6. The van der Waals surface area contributed by atoms with E-state index in [9.17, 15) is 4.21 Å². The topological polar surface area (TPSA) is 84.9 Å². The van der Waals surface area contributed by atoms with Crippen LogP contribution in [0.5, 0.6) is 0 Å². The van der Waals surface area contributed by atoms with E-state index in [1.165, 1.54) is 25.7 Å². The summed E-state index contributed by atoms with van der Waals surface area (Å²) in [4.78, 5) is 0.450. The van der Waals surface area contributed by atoms with Crippen LogP contribution in [0.1, 0.15) is 96.5 Å². The second-order valence-corrected chi connectivity index (χ2v) is 8.99. The first-order valence-electron chi connectivity index (χ1n) is 13.0. The van der Waals surface area contributed by atoms with Crippen molar-refractivity contribution in [1.82, 2.24) is 0 Å². The Morgan fingerprint density at radius 1 is 0.694 bits per heavy atom. The highest BCUT2D eigenvalue weighted by molar-refractivity contribution is 7.79. The lowest BCUT2D eigenvalue weighted by Crippen LogP contribution is -1.86. The third kappa shape index (κ3) is 29.3. The Labute approximate surface area is 223 Å². The van der Waals surface area contributed by atoms with Gasteiger partial charge in [-0.05, 0) is 83.3 Å². The molecule has 0 saturated carbocycles. The van der Waals surface area contributed by atoms with Crippen LogP contribution in [0.4, 0.5) is 0 Å². The summed E-state index contributed by atoms with van der Waals surface area (Å²) in [7, 11) is 0. The van der Waals surface area contributed by atoms with Crippen LogP contribution in [-0.4, -0.2) is 8.76 Å². The minimum Gasteiger partial charge on any atom is -0.302 e. The molecule has 0 heterocycles. The average molecular weight is 511 g/mol. The van der Waals surface area contributed by atoms with Gasteiger partial charge < -0.3 is 4.55 Å². The van der Waals surface area contributed by atoms with E-state index in [4.69, 9.17) is 15.1 Å². The number of allylic oxidation sites excluding steroid dienone is 8. The van der Waals surface area contributed by atoms with E-state index in [1.807, 2.05) is 19.1 Å². The molecule has 1 rings (SSSR count). The third-order valence-corrected chi connectivity index (χ3v) is 5.36. The van der Waals surface area contributed by atoms with Crippen molar-refractivity contribution in [2.24, 2.45) is 0 Å². The third-order valence-electron chi connectivity index (χ3n) is 4.69. The van der Waals surface area contributed by atoms with Gasteiger partial charge in [0.15, 0.2) is 11.1 Å². The Kier molecular flexibility index (Phi) is 29.8. The van der Waals surface area contributed by atoms with Crippen LogP contribution < -0.4 is 0 Å². The van der Waals surface area contributed by atoms with Gasteiger partial charge in [-0.2, -0.15) is 10.5 Å². The van der Waals surface area contributed by atoms with Crippen LogP contribution in [0, 0.1) is 29.6 Å². The van der Waals surface area contributed by atoms with Gasteiger partial charge in [0.2, 0.25) is 0 Å². The molecule has 4 nitrogen and oxygen atoms in total. The second kappa shape index (κ2) is 30.3. The van der Waals surface area contributed by atoms with E-state index in [-0.39, 0.29) is 0 Å². The fourth-order valence-electron chi connectivity index (χ4n) is 2.70. The van der Waals surface area contributed by atoms with Gasteiger partial charge >= 0.3 is 0 Å². The van der Waals surface area contributed by atoms with Crippen LogP contribution in [-0.2, 0) is 11.1 Å². The maximum atomic E-state index is 10.4. The van der Waals surface area contributed by atoms with E-state index in [2.05, 4.69) is 74.6 Å². The van der Waals surface area contributed by atoms with Crippen molar-refractivity contribution in [2.45, 2.75) is 103 Å². The molecule has 198 valence electrons. The molecule has 0 aromatic heterocycles. The number of nitrogens with zero attached hydrogens (tertiary/aromatic N) is 2. The number of rotatable bonds is 15. The Balaban J connectivity index is 0. The molecule has 0 aliphatic carbocycles. The maximum absolute atomic E-state index is 10.4. The quantitative estimate of drug-likeness (QED) is 0.145. The van der Waals surface area contributed by atoms with E-state index < -0.39 is 11.1 Å². The molecular weight excluding hydrogens is 464 g/mol. The molecule has 0 saturated heterocycles. The van der Waals surface area contributed by atoms with E-state index in [0.717, 1.165) is 44.1 Å². The molecule has 1 aromatic rings. The molecule has 0 bridgehead atoms. The van der Waals surface area contributed by atoms with Gasteiger partial charge in [0.05, 0.1) is 17.0 Å². The van der Waals surface area contributed by atoms with E-state index in [1.54, 1.807) is 12.1 Å². The number of nitriles is 2. The van der Waals surface area contributed by atoms with Crippen LogP contribution in [0.25, 0.3) is 0 Å². The first-order valence-corrected chi connectivity index (χ1v) is 14.1. The molecule has 0 aliphatic heterocycles. The number of hydrogen-bond acceptors (Lipinski definition) is 3. The van der Waals surface area contributed by atoms with Crippen molar-refractivity contribution in [1.29, 1.82) is 10.5 Å². The van der Waals surface area contributed by atoms with Gasteiger partial charge in [-0.15, -0.1) is 0 Å². The van der Waals surface area contributed by atoms with Crippen molar-refractivity contribution >= 4 is 11.1 Å². The Hall–Kier alpha value is -2.73. The predicted molar refractivity (Wildman–Crippen MR) is 155 cm³/mol. The Morgan fingerprint density at radius 2 is 1.06 bits per heavy atom. The lowest BCUT2D eigenvalue weighted by molar-refractivity contribution is 0.564. The summed E-state index contributed by atoms with van der Waals surface area (Å²) >= 11 is -1.84. The summed E-state index contributed by atoms with van der Waals surface area (Å²) in [6.45, 7) is 6.24. The summed E-state index contributed by atoms with van der Waals surface area (Å²) < 4.78 is 19.0. The lowest BCUT2D eigenvalue weighted by Gasteiger charge is -1.93. The number of aryl methyl sites for hydroxylation is 1. The maximum Gasteiger partial charge on any atom is 0.186 e. The highest BCUT2D eigenvalue weighted by Crippen LogP contribution is 2.05. The number of benzene rings is 1. The summed E-state index contributed by atoms with van der Waals surface area (Å²) in [6, 6.07) is 11.2. The second-order valence-electron chi connectivity index (χ2n) is 8.02. The van der Waals surface area contributed by atoms with Gasteiger partial charge in [-0.25, -0.2) is 4.21 Å². The predicted octanol–water partition coefficient (Wildman–Crippen LogP) is 9.54. The van der Waals surface area contributed by atoms with Crippen molar-refractivity contribution in [3.63, 3.8) is 0 Å². The molecule has 36 heavy (non-hydrogen) atoms. The van der Waals surface area contributed by atoms with Gasteiger partial charge in [0.1, 0.15) is 0 Å². The zero-order valence-corrected chi connectivity index (χ0v) is 23.4. The average Bonchev–Trinajstić information content (AvgIpc) is 2.88. The summed E-state index contributed by atoms with van der Waals surface area (Å²) in [5.74, 6) is 0. The van der Waals surface area contributed by atoms with Crippen molar-refractivity contribution in [3.05, 3.63) is 78.4 Å². The van der Waals surface area contributed by atoms with Crippen LogP contribution >= 0.6 is 0 Å². The molecule has 0 fully saturated rings. The first kappa shape index (κ1) is 35.4. The normalized spacial score (nSPS) is 11.6. The Morgan fingerprint density at radius 3 is 1.39 bits per heavy atom. The highest BCUT2D eigenvalue weighted by atomic mass is 32.2. The molecule has 0 amide bonds. The molecule has 1 aromatic carbocycles. The van der Waals surface area contributed by atoms with E-state index in [0.29, 0.717) is 17.7 Å².